The maximum absolute atomic E-state index is 15.1. The van der Waals surface area contributed by atoms with Gasteiger partial charge in [-0.15, -0.1) is 0 Å². The summed E-state index contributed by atoms with van der Waals surface area (Å²) in [6, 6.07) is 6.50. The number of likely N-dealkylation sites (tertiary alicyclic amines) is 1. The molecule has 0 aliphatic carbocycles. The number of likely N-dealkylation sites (N-methyl/N-ethyl adjacent to an activating group) is 1. The number of ether oxygens (including phenoxy) is 3. The second-order valence-electron chi connectivity index (χ2n) is 13.6. The van der Waals surface area contributed by atoms with Gasteiger partial charge in [-0.2, -0.15) is 0 Å². The van der Waals surface area contributed by atoms with Crippen LogP contribution in [0.3, 0.4) is 0 Å². The highest BCUT2D eigenvalue weighted by Gasteiger charge is 2.41. The number of pyridine rings is 1. The normalized spacial score (nSPS) is 21.2. The minimum absolute atomic E-state index is 0.00704. The number of halogens is 1. The molecule has 1 fully saturated rings. The molecule has 1 saturated heterocycles. The number of nitrogens with zero attached hydrogens (tertiary/aromatic N) is 3. The lowest BCUT2D eigenvalue weighted by molar-refractivity contribution is -0.161. The van der Waals surface area contributed by atoms with E-state index < -0.39 is 23.4 Å². The maximum atomic E-state index is 15.1. The lowest BCUT2D eigenvalue weighted by Gasteiger charge is -2.39. The van der Waals surface area contributed by atoms with Crippen molar-refractivity contribution in [2.24, 2.45) is 5.92 Å². The molecular formula is C34H49FN4O4. The molecular weight excluding hydrogens is 547 g/mol. The van der Waals surface area contributed by atoms with Gasteiger partial charge in [-0.25, -0.2) is 14.2 Å². The van der Waals surface area contributed by atoms with Crippen molar-refractivity contribution in [3.05, 3.63) is 46.9 Å². The van der Waals surface area contributed by atoms with Crippen LogP contribution in [0.15, 0.2) is 24.3 Å². The minimum atomic E-state index is -0.791. The Morgan fingerprint density at radius 3 is 2.79 bits per heavy atom. The predicted molar refractivity (Wildman–Crippen MR) is 167 cm³/mol. The zero-order valence-electron chi connectivity index (χ0n) is 26.7. The smallest absolute Gasteiger partial charge is 0.328 e. The van der Waals surface area contributed by atoms with Crippen LogP contribution >= 0.6 is 0 Å². The first kappa shape index (κ1) is 31.5. The molecule has 1 N–H and O–H groups in total. The monoisotopic (exact) mass is 596 g/mol. The Kier molecular flexibility index (Phi) is 9.81. The van der Waals surface area contributed by atoms with Crippen molar-refractivity contribution in [1.82, 2.24) is 9.88 Å². The van der Waals surface area contributed by atoms with E-state index in [4.69, 9.17) is 19.2 Å². The summed E-state index contributed by atoms with van der Waals surface area (Å²) in [6.45, 7) is 13.3. The number of esters is 1. The summed E-state index contributed by atoms with van der Waals surface area (Å²) in [7, 11) is 1.95. The van der Waals surface area contributed by atoms with Crippen molar-refractivity contribution in [3.63, 3.8) is 0 Å². The molecule has 3 aliphatic rings. The van der Waals surface area contributed by atoms with Crippen LogP contribution in [0.5, 0.6) is 5.75 Å². The summed E-state index contributed by atoms with van der Waals surface area (Å²) >= 11 is 0. The number of anilines is 2. The number of carbonyl (C=O) groups is 1. The van der Waals surface area contributed by atoms with Gasteiger partial charge in [-0.3, -0.25) is 4.90 Å². The second kappa shape index (κ2) is 13.4. The highest BCUT2D eigenvalue weighted by Crippen LogP contribution is 2.43. The summed E-state index contributed by atoms with van der Waals surface area (Å²) in [6.07, 6.45) is 5.84. The largest absolute Gasteiger partial charge is 0.486 e. The average molecular weight is 597 g/mol. The first-order valence-corrected chi connectivity index (χ1v) is 16.0. The number of hydrogen-bond acceptors (Lipinski definition) is 8. The van der Waals surface area contributed by atoms with Crippen molar-refractivity contribution >= 4 is 17.5 Å². The van der Waals surface area contributed by atoms with Gasteiger partial charge in [0.15, 0.2) is 0 Å². The molecule has 43 heavy (non-hydrogen) atoms. The van der Waals surface area contributed by atoms with Crippen molar-refractivity contribution in [2.75, 3.05) is 50.1 Å². The third-order valence-corrected chi connectivity index (χ3v) is 8.54. The van der Waals surface area contributed by atoms with Gasteiger partial charge >= 0.3 is 5.97 Å². The third kappa shape index (κ3) is 7.79. The molecule has 9 heteroatoms. The summed E-state index contributed by atoms with van der Waals surface area (Å²) in [5.74, 6) is 1.09. The number of rotatable bonds is 10. The van der Waals surface area contributed by atoms with E-state index in [0.29, 0.717) is 43.2 Å². The zero-order chi connectivity index (χ0) is 30.7. The number of aryl methyl sites for hydroxylation is 2. The molecule has 0 radical (unpaired) electrons. The second-order valence-corrected chi connectivity index (χ2v) is 13.6. The van der Waals surface area contributed by atoms with Crippen LogP contribution in [0.25, 0.3) is 0 Å². The van der Waals surface area contributed by atoms with E-state index in [1.54, 1.807) is 0 Å². The van der Waals surface area contributed by atoms with Crippen molar-refractivity contribution in [3.8, 4) is 5.75 Å². The van der Waals surface area contributed by atoms with Gasteiger partial charge in [-0.05, 0) is 82.9 Å². The number of hydrogen-bond donors (Lipinski definition) is 1. The Morgan fingerprint density at radius 2 is 2.02 bits per heavy atom. The number of fused-ring (bicyclic) bond motifs is 2. The van der Waals surface area contributed by atoms with Gasteiger partial charge in [0.2, 0.25) is 0 Å². The Balaban J connectivity index is 1.24. The highest BCUT2D eigenvalue weighted by molar-refractivity contribution is 5.81. The van der Waals surface area contributed by atoms with Gasteiger partial charge in [-0.1, -0.05) is 19.9 Å². The predicted octanol–water partition coefficient (Wildman–Crippen LogP) is 5.93. The van der Waals surface area contributed by atoms with Crippen LogP contribution in [0.2, 0.25) is 0 Å². The summed E-state index contributed by atoms with van der Waals surface area (Å²) in [4.78, 5) is 22.7. The molecule has 236 valence electrons. The number of benzene rings is 1. The van der Waals surface area contributed by atoms with E-state index >= 15 is 4.39 Å². The SMILES string of the molecule is CC(C)C1CN(C)c2cc(F)cc(C(C(=O)OC(C)(C)C)N3CCC(OCCCCc4ccc5c(n4)NCCC5)C3)c2O1. The Morgan fingerprint density at radius 1 is 1.21 bits per heavy atom. The number of carbonyl (C=O) groups excluding carboxylic acids is 1. The van der Waals surface area contributed by atoms with Gasteiger partial charge in [0.05, 0.1) is 18.3 Å². The molecule has 3 aliphatic heterocycles. The summed E-state index contributed by atoms with van der Waals surface area (Å²) in [5.41, 5.74) is 2.93. The third-order valence-electron chi connectivity index (χ3n) is 8.54. The van der Waals surface area contributed by atoms with Gasteiger partial charge in [0.1, 0.15) is 35.1 Å². The Labute approximate surface area is 256 Å². The van der Waals surface area contributed by atoms with E-state index in [-0.39, 0.29) is 18.1 Å². The van der Waals surface area contributed by atoms with Crippen molar-refractivity contribution in [2.45, 2.75) is 97.0 Å². The number of unbranched alkanes of at least 4 members (excludes halogenated alkanes) is 1. The molecule has 3 unspecified atom stereocenters. The van der Waals surface area contributed by atoms with Crippen LogP contribution in [-0.4, -0.2) is 73.5 Å². The quantitative estimate of drug-likeness (QED) is 0.267. The van der Waals surface area contributed by atoms with E-state index in [9.17, 15) is 4.79 Å². The van der Waals surface area contributed by atoms with Crippen LogP contribution < -0.4 is 15.0 Å². The lowest BCUT2D eigenvalue weighted by atomic mass is 9.98. The Hall–Kier alpha value is -2.91. The standard InChI is InChI=1S/C34H49FN4O4/c1-22(2)29-21-38(6)28-19-24(35)18-27(31(28)42-29)30(33(40)43-34(3,4)5)39-16-14-26(20-39)41-17-8-7-11-25-13-12-23-10-9-15-36-32(23)37-25/h12-13,18-19,22,26,29-30H,7-11,14-17,20-21H2,1-6H3,(H,36,37). The van der Waals surface area contributed by atoms with E-state index in [2.05, 4.69) is 36.2 Å². The fraction of sp³-hybridized carbons (Fsp3) is 0.647. The number of nitrogens with one attached hydrogen (secondary N) is 1. The molecule has 5 rings (SSSR count). The van der Waals surface area contributed by atoms with Crippen LogP contribution in [-0.2, 0) is 27.1 Å². The summed E-state index contributed by atoms with van der Waals surface area (Å²) < 4.78 is 33.7. The van der Waals surface area contributed by atoms with Crippen molar-refractivity contribution < 1.29 is 23.4 Å². The molecule has 2 aromatic rings. The molecule has 0 amide bonds. The molecule has 1 aromatic carbocycles. The topological polar surface area (TPSA) is 76.2 Å². The van der Waals surface area contributed by atoms with E-state index in [0.717, 1.165) is 56.6 Å². The minimum Gasteiger partial charge on any atom is -0.486 e. The Bertz CT molecular complexity index is 1280. The maximum Gasteiger partial charge on any atom is 0.328 e. The zero-order valence-corrected chi connectivity index (χ0v) is 26.7. The molecule has 0 bridgehead atoms. The van der Waals surface area contributed by atoms with Gasteiger partial charge < -0.3 is 24.4 Å². The molecule has 8 nitrogen and oxygen atoms in total. The molecule has 3 atom stereocenters. The van der Waals surface area contributed by atoms with Crippen LogP contribution in [0.1, 0.15) is 83.2 Å². The molecule has 0 saturated carbocycles. The van der Waals surface area contributed by atoms with Crippen molar-refractivity contribution in [1.29, 1.82) is 0 Å². The first-order valence-electron chi connectivity index (χ1n) is 16.0. The van der Waals surface area contributed by atoms with Gasteiger partial charge in [0.25, 0.3) is 0 Å². The lowest BCUT2D eigenvalue weighted by Crippen LogP contribution is -2.43. The molecule has 1 aromatic heterocycles. The number of aromatic nitrogens is 1. The van der Waals surface area contributed by atoms with E-state index in [1.165, 1.54) is 17.7 Å². The van der Waals surface area contributed by atoms with Crippen LogP contribution in [0.4, 0.5) is 15.9 Å². The van der Waals surface area contributed by atoms with Gasteiger partial charge in [0, 0.05) is 50.6 Å². The summed E-state index contributed by atoms with van der Waals surface area (Å²) in [5, 5.41) is 3.41. The fourth-order valence-electron chi connectivity index (χ4n) is 6.24. The first-order chi connectivity index (χ1) is 20.5. The molecule has 0 spiro atoms. The highest BCUT2D eigenvalue weighted by atomic mass is 19.1. The van der Waals surface area contributed by atoms with E-state index in [1.807, 2.05) is 32.7 Å². The fourth-order valence-corrected chi connectivity index (χ4v) is 6.24. The van der Waals surface area contributed by atoms with Crippen LogP contribution in [0, 0.1) is 11.7 Å². The molecule has 4 heterocycles. The average Bonchev–Trinajstić information content (AvgIpc) is 3.40.